The standard InChI is InChI=1S/C25H29N5O3/c1-33-21-7-4-17(5-8-21)25(32)30-16-19-3-2-10-26-24(19)28-22-9-6-18(13-23(22)30)20-14-27-29(15-20)11-12-31/h2-3,6,9-10,13-15,17,21,31H,4-5,7-8,11-12,16H2,1H3,(H,26,28). The number of carbonyl (C=O) groups excluding carboxylic acids is 1. The lowest BCUT2D eigenvalue weighted by Crippen LogP contribution is -2.38. The second kappa shape index (κ2) is 9.33. The van der Waals surface area contributed by atoms with Crippen molar-refractivity contribution in [2.75, 3.05) is 23.9 Å². The van der Waals surface area contributed by atoms with Crippen LogP contribution in [0.15, 0.2) is 48.9 Å². The molecule has 8 heteroatoms. The monoisotopic (exact) mass is 447 g/mol. The van der Waals surface area contributed by atoms with Crippen molar-refractivity contribution in [2.24, 2.45) is 5.92 Å². The maximum Gasteiger partial charge on any atom is 0.230 e. The smallest absolute Gasteiger partial charge is 0.230 e. The highest BCUT2D eigenvalue weighted by Crippen LogP contribution is 2.39. The van der Waals surface area contributed by atoms with E-state index in [1.165, 1.54) is 0 Å². The second-order valence-electron chi connectivity index (χ2n) is 8.72. The fourth-order valence-corrected chi connectivity index (χ4v) is 4.80. The molecule has 1 aliphatic heterocycles. The fourth-order valence-electron chi connectivity index (χ4n) is 4.80. The van der Waals surface area contributed by atoms with Crippen LogP contribution < -0.4 is 10.2 Å². The zero-order valence-electron chi connectivity index (χ0n) is 18.8. The van der Waals surface area contributed by atoms with Crippen LogP contribution in [0.25, 0.3) is 11.1 Å². The zero-order chi connectivity index (χ0) is 22.8. The molecule has 1 saturated carbocycles. The van der Waals surface area contributed by atoms with Gasteiger partial charge < -0.3 is 20.1 Å². The Morgan fingerprint density at radius 2 is 2.06 bits per heavy atom. The van der Waals surface area contributed by atoms with E-state index < -0.39 is 0 Å². The first-order valence-corrected chi connectivity index (χ1v) is 11.5. The van der Waals surface area contributed by atoms with E-state index in [4.69, 9.17) is 4.74 Å². The highest BCUT2D eigenvalue weighted by molar-refractivity contribution is 6.00. The van der Waals surface area contributed by atoms with Crippen LogP contribution >= 0.6 is 0 Å². The molecule has 2 N–H and O–H groups in total. The Kier molecular flexibility index (Phi) is 6.11. The average Bonchev–Trinajstić information content (AvgIpc) is 3.25. The first kappa shape index (κ1) is 21.6. The number of methoxy groups -OCH3 is 1. The maximum absolute atomic E-state index is 13.8. The molecule has 33 heavy (non-hydrogen) atoms. The predicted molar refractivity (Wildman–Crippen MR) is 126 cm³/mol. The number of aromatic nitrogens is 3. The third-order valence-electron chi connectivity index (χ3n) is 6.68. The number of aliphatic hydroxyl groups is 1. The Bertz CT molecular complexity index is 1140. The summed E-state index contributed by atoms with van der Waals surface area (Å²) in [5.41, 5.74) is 4.61. The van der Waals surface area contributed by atoms with Gasteiger partial charge in [-0.25, -0.2) is 4.98 Å². The van der Waals surface area contributed by atoms with Crippen molar-refractivity contribution in [1.29, 1.82) is 0 Å². The van der Waals surface area contributed by atoms with Gasteiger partial charge in [-0.05, 0) is 49.4 Å². The van der Waals surface area contributed by atoms with Crippen LogP contribution in [0.3, 0.4) is 0 Å². The van der Waals surface area contributed by atoms with Crippen LogP contribution in [0, 0.1) is 5.92 Å². The molecular formula is C25H29N5O3. The van der Waals surface area contributed by atoms with E-state index in [0.717, 1.165) is 59.6 Å². The normalized spacial score (nSPS) is 19.9. The minimum absolute atomic E-state index is 0.0153. The van der Waals surface area contributed by atoms with Gasteiger partial charge in [0.25, 0.3) is 0 Å². The number of fused-ring (bicyclic) bond motifs is 2. The van der Waals surface area contributed by atoms with Crippen LogP contribution in [0.2, 0.25) is 0 Å². The van der Waals surface area contributed by atoms with Gasteiger partial charge in [0.05, 0.1) is 43.4 Å². The van der Waals surface area contributed by atoms with Crippen molar-refractivity contribution in [2.45, 2.75) is 44.9 Å². The number of nitrogens with zero attached hydrogens (tertiary/aromatic N) is 4. The fraction of sp³-hybridized carbons (Fsp3) is 0.400. The maximum atomic E-state index is 13.8. The summed E-state index contributed by atoms with van der Waals surface area (Å²) in [6.07, 6.45) is 9.21. The Morgan fingerprint density at radius 3 is 2.85 bits per heavy atom. The number of nitrogens with one attached hydrogen (secondary N) is 1. The summed E-state index contributed by atoms with van der Waals surface area (Å²) in [7, 11) is 1.75. The summed E-state index contributed by atoms with van der Waals surface area (Å²) >= 11 is 0. The van der Waals surface area contributed by atoms with Gasteiger partial charge in [0, 0.05) is 36.5 Å². The molecule has 5 rings (SSSR count). The molecule has 0 saturated heterocycles. The quantitative estimate of drug-likeness (QED) is 0.619. The minimum Gasteiger partial charge on any atom is -0.394 e. The van der Waals surface area contributed by atoms with E-state index in [-0.39, 0.29) is 24.5 Å². The number of aliphatic hydroxyl groups excluding tert-OH is 1. The Balaban J connectivity index is 1.51. The molecule has 1 aromatic carbocycles. The Labute approximate surface area is 193 Å². The first-order valence-electron chi connectivity index (χ1n) is 11.5. The number of hydrogen-bond donors (Lipinski definition) is 2. The number of anilines is 3. The van der Waals surface area contributed by atoms with Gasteiger partial charge in [-0.2, -0.15) is 5.10 Å². The van der Waals surface area contributed by atoms with Crippen LogP contribution in [0.4, 0.5) is 17.2 Å². The van der Waals surface area contributed by atoms with Gasteiger partial charge >= 0.3 is 0 Å². The lowest BCUT2D eigenvalue weighted by atomic mass is 9.86. The molecule has 8 nitrogen and oxygen atoms in total. The summed E-state index contributed by atoms with van der Waals surface area (Å²) < 4.78 is 7.22. The van der Waals surface area contributed by atoms with E-state index >= 15 is 0 Å². The predicted octanol–water partition coefficient (Wildman–Crippen LogP) is 3.73. The van der Waals surface area contributed by atoms with E-state index in [9.17, 15) is 9.90 Å². The van der Waals surface area contributed by atoms with Crippen molar-refractivity contribution in [3.05, 3.63) is 54.5 Å². The van der Waals surface area contributed by atoms with Gasteiger partial charge in [0.2, 0.25) is 5.91 Å². The van der Waals surface area contributed by atoms with Crippen molar-refractivity contribution >= 4 is 23.1 Å². The van der Waals surface area contributed by atoms with E-state index in [1.807, 2.05) is 41.4 Å². The average molecular weight is 448 g/mol. The van der Waals surface area contributed by atoms with Crippen molar-refractivity contribution in [3.63, 3.8) is 0 Å². The molecule has 3 aromatic rings. The SMILES string of the molecule is COC1CCC(C(=O)N2Cc3cccnc3Nc3ccc(-c4cnn(CCO)c4)cc32)CC1. The van der Waals surface area contributed by atoms with Crippen LogP contribution in [-0.4, -0.2) is 45.6 Å². The number of hydrogen-bond acceptors (Lipinski definition) is 6. The lowest BCUT2D eigenvalue weighted by Gasteiger charge is -2.32. The molecule has 0 spiro atoms. The summed E-state index contributed by atoms with van der Waals surface area (Å²) in [5, 5.41) is 17.0. The van der Waals surface area contributed by atoms with Gasteiger partial charge in [-0.3, -0.25) is 9.48 Å². The Hall–Kier alpha value is -3.23. The van der Waals surface area contributed by atoms with Crippen LogP contribution in [0.5, 0.6) is 0 Å². The van der Waals surface area contributed by atoms with Crippen LogP contribution in [-0.2, 0) is 22.6 Å². The van der Waals surface area contributed by atoms with Crippen molar-refractivity contribution in [3.8, 4) is 11.1 Å². The van der Waals surface area contributed by atoms with Crippen molar-refractivity contribution in [1.82, 2.24) is 14.8 Å². The molecule has 3 heterocycles. The van der Waals surface area contributed by atoms with Gasteiger partial charge in [-0.1, -0.05) is 12.1 Å². The summed E-state index contributed by atoms with van der Waals surface area (Å²) in [4.78, 5) is 20.2. The van der Waals surface area contributed by atoms with Gasteiger partial charge in [-0.15, -0.1) is 0 Å². The van der Waals surface area contributed by atoms with Gasteiger partial charge in [0.15, 0.2) is 0 Å². The van der Waals surface area contributed by atoms with Crippen molar-refractivity contribution < 1.29 is 14.6 Å². The van der Waals surface area contributed by atoms with E-state index in [0.29, 0.717) is 13.1 Å². The summed E-state index contributed by atoms with van der Waals surface area (Å²) in [6, 6.07) is 9.99. The third kappa shape index (κ3) is 4.36. The molecule has 0 radical (unpaired) electrons. The summed E-state index contributed by atoms with van der Waals surface area (Å²) in [5.74, 6) is 0.913. The largest absolute Gasteiger partial charge is 0.394 e. The molecule has 2 aliphatic rings. The number of rotatable bonds is 5. The van der Waals surface area contributed by atoms with E-state index in [2.05, 4.69) is 15.4 Å². The number of amides is 1. The lowest BCUT2D eigenvalue weighted by molar-refractivity contribution is -0.124. The number of pyridine rings is 1. The molecule has 172 valence electrons. The second-order valence-corrected chi connectivity index (χ2v) is 8.72. The molecule has 2 aromatic heterocycles. The first-order chi connectivity index (χ1) is 16.2. The highest BCUT2D eigenvalue weighted by Gasteiger charge is 2.33. The molecule has 1 aliphatic carbocycles. The minimum atomic E-state index is -0.0153. The van der Waals surface area contributed by atoms with E-state index in [1.54, 1.807) is 24.2 Å². The topological polar surface area (TPSA) is 92.5 Å². The van der Waals surface area contributed by atoms with Gasteiger partial charge in [0.1, 0.15) is 5.82 Å². The number of carbonyl (C=O) groups is 1. The highest BCUT2D eigenvalue weighted by atomic mass is 16.5. The third-order valence-corrected chi connectivity index (χ3v) is 6.68. The molecule has 0 bridgehead atoms. The molecule has 0 unspecified atom stereocenters. The summed E-state index contributed by atoms with van der Waals surface area (Å²) in [6.45, 7) is 0.954. The molecular weight excluding hydrogens is 418 g/mol. The molecule has 1 fully saturated rings. The number of ether oxygens (including phenoxy) is 1. The van der Waals surface area contributed by atoms with Crippen LogP contribution in [0.1, 0.15) is 31.2 Å². The molecule has 1 amide bonds. The molecule has 0 atom stereocenters. The zero-order valence-corrected chi connectivity index (χ0v) is 18.8. The Morgan fingerprint density at radius 1 is 1.21 bits per heavy atom. The number of benzene rings is 1.